The number of fused-ring (bicyclic) bond motifs is 2. The molecule has 1 aromatic carbocycles. The van der Waals surface area contributed by atoms with E-state index >= 15 is 0 Å². The van der Waals surface area contributed by atoms with Crippen LogP contribution in [-0.4, -0.2) is 32.5 Å². The van der Waals surface area contributed by atoms with Crippen LogP contribution in [0.5, 0.6) is 0 Å². The SMILES string of the molecule is CSc1c(F)c(C)c(-c2ccn3nc(NC=O)cc3c2)c2cn[nH]c12. The Kier molecular flexibility index (Phi) is 3.69. The summed E-state index contributed by atoms with van der Waals surface area (Å²) in [5, 5.41) is 14.6. The van der Waals surface area contributed by atoms with E-state index in [1.807, 2.05) is 18.4 Å². The van der Waals surface area contributed by atoms with E-state index in [2.05, 4.69) is 20.6 Å². The molecule has 1 amide bonds. The van der Waals surface area contributed by atoms with Gasteiger partial charge in [-0.05, 0) is 42.0 Å². The maximum Gasteiger partial charge on any atom is 0.212 e. The molecule has 0 radical (unpaired) electrons. The molecule has 0 saturated heterocycles. The number of nitrogens with zero attached hydrogens (tertiary/aromatic N) is 3. The molecule has 3 heterocycles. The zero-order valence-electron chi connectivity index (χ0n) is 13.5. The Morgan fingerprint density at radius 3 is 3.00 bits per heavy atom. The Hall–Kier alpha value is -2.87. The lowest BCUT2D eigenvalue weighted by Crippen LogP contribution is -1.96. The highest BCUT2D eigenvalue weighted by molar-refractivity contribution is 7.98. The first-order chi connectivity index (χ1) is 12.1. The Labute approximate surface area is 146 Å². The molecule has 0 aliphatic rings. The van der Waals surface area contributed by atoms with Crippen LogP contribution < -0.4 is 5.32 Å². The number of carbonyl (C=O) groups is 1. The van der Waals surface area contributed by atoms with Crippen molar-refractivity contribution < 1.29 is 9.18 Å². The molecule has 0 atom stereocenters. The number of aromatic nitrogens is 4. The molecule has 4 aromatic rings. The van der Waals surface area contributed by atoms with Crippen LogP contribution in [0, 0.1) is 12.7 Å². The van der Waals surface area contributed by atoms with Crippen molar-refractivity contribution in [1.29, 1.82) is 0 Å². The smallest absolute Gasteiger partial charge is 0.212 e. The Morgan fingerprint density at radius 2 is 2.24 bits per heavy atom. The molecule has 0 bridgehead atoms. The van der Waals surface area contributed by atoms with Crippen LogP contribution in [0.15, 0.2) is 35.5 Å². The Morgan fingerprint density at radius 1 is 1.40 bits per heavy atom. The molecule has 25 heavy (non-hydrogen) atoms. The summed E-state index contributed by atoms with van der Waals surface area (Å²) in [4.78, 5) is 11.2. The molecule has 126 valence electrons. The number of anilines is 1. The average molecular weight is 355 g/mol. The summed E-state index contributed by atoms with van der Waals surface area (Å²) in [6, 6.07) is 5.54. The predicted molar refractivity (Wildman–Crippen MR) is 96.4 cm³/mol. The van der Waals surface area contributed by atoms with Gasteiger partial charge in [0.2, 0.25) is 6.41 Å². The van der Waals surface area contributed by atoms with Crippen LogP contribution in [0.1, 0.15) is 5.56 Å². The third kappa shape index (κ3) is 2.37. The van der Waals surface area contributed by atoms with Crippen molar-refractivity contribution in [2.75, 3.05) is 11.6 Å². The number of thioether (sulfide) groups is 1. The van der Waals surface area contributed by atoms with Crippen LogP contribution >= 0.6 is 11.8 Å². The highest BCUT2D eigenvalue weighted by Crippen LogP contribution is 2.39. The molecule has 0 saturated carbocycles. The average Bonchev–Trinajstić information content (AvgIpc) is 3.22. The van der Waals surface area contributed by atoms with Crippen LogP contribution in [0.4, 0.5) is 10.2 Å². The molecule has 2 N–H and O–H groups in total. The lowest BCUT2D eigenvalue weighted by atomic mass is 9.97. The number of carbonyl (C=O) groups excluding carboxylic acids is 1. The highest BCUT2D eigenvalue weighted by atomic mass is 32.2. The van der Waals surface area contributed by atoms with Crippen LogP contribution in [-0.2, 0) is 4.79 Å². The van der Waals surface area contributed by atoms with Gasteiger partial charge < -0.3 is 5.32 Å². The number of nitrogens with one attached hydrogen (secondary N) is 2. The molecule has 0 fully saturated rings. The molecule has 4 rings (SSSR count). The molecule has 0 aliphatic heterocycles. The number of benzene rings is 1. The first-order valence-electron chi connectivity index (χ1n) is 7.53. The number of hydrogen-bond acceptors (Lipinski definition) is 4. The van der Waals surface area contributed by atoms with Crippen molar-refractivity contribution in [3.63, 3.8) is 0 Å². The van der Waals surface area contributed by atoms with Crippen molar-refractivity contribution in [2.24, 2.45) is 0 Å². The van der Waals surface area contributed by atoms with Crippen molar-refractivity contribution in [1.82, 2.24) is 19.8 Å². The summed E-state index contributed by atoms with van der Waals surface area (Å²) in [7, 11) is 0. The molecular weight excluding hydrogens is 341 g/mol. The minimum atomic E-state index is -0.240. The first kappa shape index (κ1) is 15.6. The summed E-state index contributed by atoms with van der Waals surface area (Å²) in [6.07, 6.45) is 5.93. The van der Waals surface area contributed by atoms with E-state index in [0.717, 1.165) is 22.0 Å². The number of halogens is 1. The summed E-state index contributed by atoms with van der Waals surface area (Å²) >= 11 is 1.36. The Balaban J connectivity index is 1.98. The van der Waals surface area contributed by atoms with Gasteiger partial charge in [0, 0.05) is 17.6 Å². The first-order valence-corrected chi connectivity index (χ1v) is 8.75. The largest absolute Gasteiger partial charge is 0.312 e. The number of aromatic amines is 1. The maximum atomic E-state index is 14.8. The maximum absolute atomic E-state index is 14.8. The van der Waals surface area contributed by atoms with Gasteiger partial charge in [0.1, 0.15) is 5.82 Å². The summed E-state index contributed by atoms with van der Waals surface area (Å²) < 4.78 is 16.5. The van der Waals surface area contributed by atoms with Gasteiger partial charge in [0.15, 0.2) is 5.82 Å². The van der Waals surface area contributed by atoms with Crippen LogP contribution in [0.3, 0.4) is 0 Å². The van der Waals surface area contributed by atoms with E-state index in [1.54, 1.807) is 29.9 Å². The minimum Gasteiger partial charge on any atom is -0.312 e. The molecule has 3 aromatic heterocycles. The van der Waals surface area contributed by atoms with E-state index in [9.17, 15) is 9.18 Å². The van der Waals surface area contributed by atoms with Gasteiger partial charge in [0.25, 0.3) is 0 Å². The molecule has 6 nitrogen and oxygen atoms in total. The van der Waals surface area contributed by atoms with E-state index in [4.69, 9.17) is 0 Å². The third-order valence-electron chi connectivity index (χ3n) is 4.20. The molecule has 0 aliphatic carbocycles. The highest BCUT2D eigenvalue weighted by Gasteiger charge is 2.19. The topological polar surface area (TPSA) is 75.1 Å². The third-order valence-corrected chi connectivity index (χ3v) is 4.99. The fraction of sp³-hybridized carbons (Fsp3) is 0.118. The number of amides is 1. The van der Waals surface area contributed by atoms with Gasteiger partial charge in [-0.25, -0.2) is 8.91 Å². The second kappa shape index (κ2) is 5.89. The Bertz CT molecular complexity index is 1120. The normalized spacial score (nSPS) is 11.3. The lowest BCUT2D eigenvalue weighted by Gasteiger charge is -2.12. The molecule has 8 heteroatoms. The zero-order chi connectivity index (χ0) is 17.6. The van der Waals surface area contributed by atoms with Crippen LogP contribution in [0.25, 0.3) is 27.5 Å². The lowest BCUT2D eigenvalue weighted by molar-refractivity contribution is -0.105. The fourth-order valence-corrected chi connectivity index (χ4v) is 3.78. The molecule has 0 spiro atoms. The number of H-pyrrole nitrogens is 1. The van der Waals surface area contributed by atoms with Crippen molar-refractivity contribution in [3.8, 4) is 11.1 Å². The second-order valence-electron chi connectivity index (χ2n) is 5.58. The van der Waals surface area contributed by atoms with Gasteiger partial charge >= 0.3 is 0 Å². The van der Waals surface area contributed by atoms with Gasteiger partial charge in [-0.3, -0.25) is 9.89 Å². The van der Waals surface area contributed by atoms with E-state index in [0.29, 0.717) is 28.2 Å². The quantitative estimate of drug-likeness (QED) is 0.433. The summed E-state index contributed by atoms with van der Waals surface area (Å²) in [5.74, 6) is 0.220. The number of rotatable bonds is 4. The van der Waals surface area contributed by atoms with Gasteiger partial charge in [-0.2, -0.15) is 10.2 Å². The van der Waals surface area contributed by atoms with Crippen molar-refractivity contribution in [3.05, 3.63) is 42.0 Å². The fourth-order valence-electron chi connectivity index (χ4n) is 3.09. The number of pyridine rings is 1. The van der Waals surface area contributed by atoms with E-state index in [1.165, 1.54) is 11.8 Å². The monoisotopic (exact) mass is 355 g/mol. The molecule has 0 unspecified atom stereocenters. The van der Waals surface area contributed by atoms with Crippen LogP contribution in [0.2, 0.25) is 0 Å². The van der Waals surface area contributed by atoms with Gasteiger partial charge in [-0.1, -0.05) is 0 Å². The zero-order valence-corrected chi connectivity index (χ0v) is 14.3. The minimum absolute atomic E-state index is 0.240. The summed E-state index contributed by atoms with van der Waals surface area (Å²) in [6.45, 7) is 1.77. The van der Waals surface area contributed by atoms with Crippen molar-refractivity contribution in [2.45, 2.75) is 11.8 Å². The van der Waals surface area contributed by atoms with E-state index in [-0.39, 0.29) is 5.82 Å². The second-order valence-corrected chi connectivity index (χ2v) is 6.40. The van der Waals surface area contributed by atoms with Gasteiger partial charge in [0.05, 0.1) is 22.1 Å². The number of hydrogen-bond donors (Lipinski definition) is 2. The van der Waals surface area contributed by atoms with E-state index < -0.39 is 0 Å². The molecular formula is C17H14FN5OS. The van der Waals surface area contributed by atoms with Gasteiger partial charge in [-0.15, -0.1) is 11.8 Å². The predicted octanol–water partition coefficient (Wildman–Crippen LogP) is 3.62. The van der Waals surface area contributed by atoms with Crippen molar-refractivity contribution >= 4 is 40.4 Å². The standard InChI is InChI=1S/C17H14FN5OS/c1-9-14(12-7-20-21-16(12)17(25-2)15(9)18)10-3-4-23-11(5-10)6-13(22-23)19-8-24/h3-8H,1-2H3,(H,20,21)(H,19,22,24). The summed E-state index contributed by atoms with van der Waals surface area (Å²) in [5.41, 5.74) is 3.73.